The van der Waals surface area contributed by atoms with Gasteiger partial charge in [0.15, 0.2) is 0 Å². The summed E-state index contributed by atoms with van der Waals surface area (Å²) in [7, 11) is 3.42. The Morgan fingerprint density at radius 1 is 1.40 bits per heavy atom. The average molecular weight is 225 g/mol. The molecule has 1 heterocycles. The molecule has 0 radical (unpaired) electrons. The van der Waals surface area contributed by atoms with Crippen LogP contribution in [0.2, 0.25) is 0 Å². The highest BCUT2D eigenvalue weighted by Gasteiger charge is 2.41. The molecule has 2 nitrogen and oxygen atoms in total. The maximum Gasteiger partial charge on any atom is 0.389 e. The fourth-order valence-corrected chi connectivity index (χ4v) is 2.29. The van der Waals surface area contributed by atoms with Crippen molar-refractivity contribution in [2.45, 2.75) is 37.4 Å². The first kappa shape index (κ1) is 12.8. The lowest BCUT2D eigenvalue weighted by atomic mass is 9.91. The van der Waals surface area contributed by atoms with Crippen LogP contribution in [0.5, 0.6) is 0 Å². The van der Waals surface area contributed by atoms with Gasteiger partial charge in [-0.05, 0) is 32.9 Å². The standard InChI is InChI=1S/C10H18F3NO/c1-14-7-3-4-9(14,8-15-2)5-6-10(11,12)13/h3-8H2,1-2H3. The maximum atomic E-state index is 12.2. The third-order valence-corrected chi connectivity index (χ3v) is 3.23. The van der Waals surface area contributed by atoms with Gasteiger partial charge < -0.3 is 4.74 Å². The summed E-state index contributed by atoms with van der Waals surface area (Å²) in [5, 5.41) is 0. The fraction of sp³-hybridized carbons (Fsp3) is 1.00. The number of methoxy groups -OCH3 is 1. The number of ether oxygens (including phenoxy) is 1. The molecule has 0 bridgehead atoms. The number of likely N-dealkylation sites (N-methyl/N-ethyl adjacent to an activating group) is 1. The summed E-state index contributed by atoms with van der Waals surface area (Å²) in [6, 6.07) is 0. The van der Waals surface area contributed by atoms with Crippen LogP contribution < -0.4 is 0 Å². The lowest BCUT2D eigenvalue weighted by Crippen LogP contribution is -2.46. The Morgan fingerprint density at radius 2 is 2.07 bits per heavy atom. The third-order valence-electron chi connectivity index (χ3n) is 3.23. The average Bonchev–Trinajstić information content (AvgIpc) is 2.45. The Labute approximate surface area is 88.4 Å². The van der Waals surface area contributed by atoms with Crippen LogP contribution in [0.1, 0.15) is 25.7 Å². The molecule has 0 amide bonds. The molecule has 90 valence electrons. The van der Waals surface area contributed by atoms with Gasteiger partial charge in [0.1, 0.15) is 0 Å². The predicted octanol–water partition coefficient (Wildman–Crippen LogP) is 2.44. The largest absolute Gasteiger partial charge is 0.389 e. The van der Waals surface area contributed by atoms with Crippen molar-refractivity contribution in [3.05, 3.63) is 0 Å². The van der Waals surface area contributed by atoms with E-state index in [9.17, 15) is 13.2 Å². The molecule has 0 spiro atoms. The van der Waals surface area contributed by atoms with Gasteiger partial charge >= 0.3 is 6.18 Å². The molecule has 1 fully saturated rings. The zero-order valence-corrected chi connectivity index (χ0v) is 9.23. The van der Waals surface area contributed by atoms with E-state index in [1.54, 1.807) is 7.11 Å². The monoisotopic (exact) mass is 225 g/mol. The van der Waals surface area contributed by atoms with E-state index in [1.165, 1.54) is 0 Å². The number of alkyl halides is 3. The van der Waals surface area contributed by atoms with Crippen LogP contribution in [0.3, 0.4) is 0 Å². The number of halogens is 3. The molecule has 0 aromatic carbocycles. The maximum absolute atomic E-state index is 12.2. The summed E-state index contributed by atoms with van der Waals surface area (Å²) in [5.74, 6) is 0. The van der Waals surface area contributed by atoms with Gasteiger partial charge in [-0.15, -0.1) is 0 Å². The third kappa shape index (κ3) is 3.34. The first-order valence-electron chi connectivity index (χ1n) is 5.17. The highest BCUT2D eigenvalue weighted by molar-refractivity contribution is 4.94. The van der Waals surface area contributed by atoms with E-state index in [0.29, 0.717) is 6.61 Å². The molecule has 5 heteroatoms. The number of hydrogen-bond donors (Lipinski definition) is 0. The Morgan fingerprint density at radius 3 is 2.47 bits per heavy atom. The van der Waals surface area contributed by atoms with Crippen molar-refractivity contribution in [2.24, 2.45) is 0 Å². The molecule has 0 saturated carbocycles. The van der Waals surface area contributed by atoms with E-state index in [0.717, 1.165) is 19.4 Å². The predicted molar refractivity (Wildman–Crippen MR) is 51.8 cm³/mol. The minimum absolute atomic E-state index is 0.140. The lowest BCUT2D eigenvalue weighted by Gasteiger charge is -2.36. The number of nitrogens with zero attached hydrogens (tertiary/aromatic N) is 1. The van der Waals surface area contributed by atoms with E-state index >= 15 is 0 Å². The van der Waals surface area contributed by atoms with Crippen molar-refractivity contribution in [1.82, 2.24) is 4.90 Å². The summed E-state index contributed by atoms with van der Waals surface area (Å²) in [5.41, 5.74) is -0.399. The zero-order chi connectivity index (χ0) is 11.5. The van der Waals surface area contributed by atoms with Gasteiger partial charge in [0.2, 0.25) is 0 Å². The van der Waals surface area contributed by atoms with E-state index < -0.39 is 18.1 Å². The summed E-state index contributed by atoms with van der Waals surface area (Å²) in [6.45, 7) is 1.25. The molecule has 0 aromatic heterocycles. The molecule has 1 unspecified atom stereocenters. The van der Waals surface area contributed by atoms with E-state index in [2.05, 4.69) is 0 Å². The molecule has 0 aliphatic carbocycles. The van der Waals surface area contributed by atoms with Gasteiger partial charge in [-0.25, -0.2) is 0 Å². The Hall–Kier alpha value is -0.290. The highest BCUT2D eigenvalue weighted by Crippen LogP contribution is 2.35. The summed E-state index contributed by atoms with van der Waals surface area (Å²) in [6.07, 6.45) is -2.89. The van der Waals surface area contributed by atoms with Crippen molar-refractivity contribution in [3.8, 4) is 0 Å². The first-order valence-corrected chi connectivity index (χ1v) is 5.17. The summed E-state index contributed by atoms with van der Waals surface area (Å²) >= 11 is 0. The molecule has 1 saturated heterocycles. The van der Waals surface area contributed by atoms with Gasteiger partial charge in [0.25, 0.3) is 0 Å². The van der Waals surface area contributed by atoms with E-state index in [-0.39, 0.29) is 6.42 Å². The summed E-state index contributed by atoms with van der Waals surface area (Å²) in [4.78, 5) is 2.00. The van der Waals surface area contributed by atoms with Crippen LogP contribution in [0.15, 0.2) is 0 Å². The van der Waals surface area contributed by atoms with Crippen LogP contribution >= 0.6 is 0 Å². The smallest absolute Gasteiger partial charge is 0.383 e. The minimum atomic E-state index is -4.07. The van der Waals surface area contributed by atoms with Crippen LogP contribution in [-0.4, -0.2) is 43.9 Å². The number of likely N-dealkylation sites (tertiary alicyclic amines) is 1. The molecule has 1 aliphatic heterocycles. The topological polar surface area (TPSA) is 12.5 Å². The minimum Gasteiger partial charge on any atom is -0.383 e. The second kappa shape index (κ2) is 4.70. The van der Waals surface area contributed by atoms with Crippen LogP contribution in [0.25, 0.3) is 0 Å². The second-order valence-corrected chi connectivity index (χ2v) is 4.30. The van der Waals surface area contributed by atoms with Crippen molar-refractivity contribution in [1.29, 1.82) is 0 Å². The zero-order valence-electron chi connectivity index (χ0n) is 9.23. The Kier molecular flexibility index (Phi) is 4.00. The number of hydrogen-bond acceptors (Lipinski definition) is 2. The van der Waals surface area contributed by atoms with E-state index in [1.807, 2.05) is 11.9 Å². The normalized spacial score (nSPS) is 28.6. The Balaban J connectivity index is 2.58. The van der Waals surface area contributed by atoms with Gasteiger partial charge in [-0.2, -0.15) is 13.2 Å². The number of rotatable bonds is 4. The molecular weight excluding hydrogens is 207 g/mol. The summed E-state index contributed by atoms with van der Waals surface area (Å²) < 4.78 is 41.6. The van der Waals surface area contributed by atoms with Crippen molar-refractivity contribution < 1.29 is 17.9 Å². The first-order chi connectivity index (χ1) is 6.90. The quantitative estimate of drug-likeness (QED) is 0.728. The molecule has 0 N–H and O–H groups in total. The lowest BCUT2D eigenvalue weighted by molar-refractivity contribution is -0.143. The van der Waals surface area contributed by atoms with Crippen LogP contribution in [-0.2, 0) is 4.74 Å². The molecule has 1 aliphatic rings. The van der Waals surface area contributed by atoms with Gasteiger partial charge in [-0.3, -0.25) is 4.90 Å². The molecular formula is C10H18F3NO. The Bertz CT molecular complexity index is 207. The van der Waals surface area contributed by atoms with Gasteiger partial charge in [0.05, 0.1) is 6.61 Å². The SMILES string of the molecule is COCC1(CCC(F)(F)F)CCCN1C. The molecule has 1 atom stereocenters. The van der Waals surface area contributed by atoms with Crippen molar-refractivity contribution in [3.63, 3.8) is 0 Å². The van der Waals surface area contributed by atoms with Crippen LogP contribution in [0, 0.1) is 0 Å². The fourth-order valence-electron chi connectivity index (χ4n) is 2.29. The van der Waals surface area contributed by atoms with Gasteiger partial charge in [0, 0.05) is 19.1 Å². The van der Waals surface area contributed by atoms with Crippen LogP contribution in [0.4, 0.5) is 13.2 Å². The highest BCUT2D eigenvalue weighted by atomic mass is 19.4. The van der Waals surface area contributed by atoms with Gasteiger partial charge in [-0.1, -0.05) is 0 Å². The van der Waals surface area contributed by atoms with Crippen molar-refractivity contribution >= 4 is 0 Å². The van der Waals surface area contributed by atoms with Crippen molar-refractivity contribution in [2.75, 3.05) is 27.3 Å². The molecule has 0 aromatic rings. The second-order valence-electron chi connectivity index (χ2n) is 4.30. The molecule has 15 heavy (non-hydrogen) atoms. The van der Waals surface area contributed by atoms with E-state index in [4.69, 9.17) is 4.74 Å². The molecule has 1 rings (SSSR count).